The Morgan fingerprint density at radius 3 is 1.49 bits per heavy atom. The van der Waals surface area contributed by atoms with Crippen LogP contribution in [-0.2, 0) is 0 Å². The molecule has 11 aromatic rings. The van der Waals surface area contributed by atoms with Crippen LogP contribution in [-0.4, -0.2) is 0 Å². The topological polar surface area (TPSA) is 3.24 Å². The maximum absolute atomic E-state index is 2.40. The van der Waals surface area contributed by atoms with Crippen molar-refractivity contribution in [3.8, 4) is 44.5 Å². The van der Waals surface area contributed by atoms with E-state index in [1.807, 2.05) is 0 Å². The van der Waals surface area contributed by atoms with Gasteiger partial charge in [0.2, 0.25) is 0 Å². The molecule has 0 spiro atoms. The molecule has 0 amide bonds. The van der Waals surface area contributed by atoms with Crippen LogP contribution in [0.15, 0.2) is 237 Å². The summed E-state index contributed by atoms with van der Waals surface area (Å²) in [5.41, 5.74) is 12.8. The normalized spacial score (nSPS) is 11.4. The SMILES string of the molecule is c1ccc(-c2ccc(N(c3cccc(-c4cccc5ccccc45)c3)c3ccc(-c4ccc5c(ccc6c7ccccc7ccc56)c4)c(-c4ccccc4)c3)cc2)cc1. The van der Waals surface area contributed by atoms with E-state index in [2.05, 4.69) is 241 Å². The summed E-state index contributed by atoms with van der Waals surface area (Å²) in [5, 5.41) is 10.1. The first-order valence-corrected chi connectivity index (χ1v) is 20.3. The lowest BCUT2D eigenvalue weighted by Gasteiger charge is -2.27. The Hall–Kier alpha value is -7.74. The molecule has 0 heterocycles. The molecule has 11 rings (SSSR count). The maximum atomic E-state index is 2.40. The maximum Gasteiger partial charge on any atom is 0.0468 e. The Bertz CT molecular complexity index is 3310. The molecular formula is C58H39N. The Morgan fingerprint density at radius 1 is 0.203 bits per heavy atom. The average Bonchev–Trinajstić information content (AvgIpc) is 3.32. The summed E-state index contributed by atoms with van der Waals surface area (Å²) in [5.74, 6) is 0. The van der Waals surface area contributed by atoms with Crippen molar-refractivity contribution < 1.29 is 0 Å². The number of benzene rings is 11. The van der Waals surface area contributed by atoms with Gasteiger partial charge in [-0.15, -0.1) is 0 Å². The van der Waals surface area contributed by atoms with Crippen molar-refractivity contribution in [1.29, 1.82) is 0 Å². The molecule has 0 radical (unpaired) electrons. The van der Waals surface area contributed by atoms with Crippen LogP contribution >= 0.6 is 0 Å². The van der Waals surface area contributed by atoms with E-state index in [0.717, 1.165) is 17.1 Å². The highest BCUT2D eigenvalue weighted by molar-refractivity contribution is 6.17. The van der Waals surface area contributed by atoms with E-state index in [-0.39, 0.29) is 0 Å². The number of anilines is 3. The second kappa shape index (κ2) is 14.6. The smallest absolute Gasteiger partial charge is 0.0468 e. The van der Waals surface area contributed by atoms with Gasteiger partial charge in [0.1, 0.15) is 0 Å². The molecule has 1 nitrogen and oxygen atoms in total. The largest absolute Gasteiger partial charge is 0.310 e. The van der Waals surface area contributed by atoms with Crippen molar-refractivity contribution in [2.45, 2.75) is 0 Å². The molecule has 0 fully saturated rings. The third-order valence-electron chi connectivity index (χ3n) is 11.8. The van der Waals surface area contributed by atoms with Crippen molar-refractivity contribution in [2.75, 3.05) is 4.90 Å². The van der Waals surface area contributed by atoms with E-state index in [1.165, 1.54) is 87.6 Å². The van der Waals surface area contributed by atoms with Gasteiger partial charge in [-0.3, -0.25) is 0 Å². The molecule has 0 aliphatic rings. The number of rotatable bonds is 7. The van der Waals surface area contributed by atoms with Crippen LogP contribution in [0.3, 0.4) is 0 Å². The predicted octanol–water partition coefficient (Wildman–Crippen LogP) is 16.4. The number of fused-ring (bicyclic) bond motifs is 6. The van der Waals surface area contributed by atoms with E-state index < -0.39 is 0 Å². The lowest BCUT2D eigenvalue weighted by Crippen LogP contribution is -2.10. The molecule has 0 aromatic heterocycles. The summed E-state index contributed by atoms with van der Waals surface area (Å²) in [6, 6.07) is 86.3. The van der Waals surface area contributed by atoms with Crippen molar-refractivity contribution in [2.24, 2.45) is 0 Å². The molecule has 0 N–H and O–H groups in total. The van der Waals surface area contributed by atoms with E-state index >= 15 is 0 Å². The van der Waals surface area contributed by atoms with Gasteiger partial charge >= 0.3 is 0 Å². The highest BCUT2D eigenvalue weighted by Gasteiger charge is 2.18. The fourth-order valence-corrected chi connectivity index (χ4v) is 8.95. The second-order valence-corrected chi connectivity index (χ2v) is 15.3. The quantitative estimate of drug-likeness (QED) is 0.147. The fraction of sp³-hybridized carbons (Fsp3) is 0. The van der Waals surface area contributed by atoms with E-state index in [9.17, 15) is 0 Å². The van der Waals surface area contributed by atoms with Gasteiger partial charge in [0.15, 0.2) is 0 Å². The highest BCUT2D eigenvalue weighted by Crippen LogP contribution is 2.43. The minimum atomic E-state index is 1.09. The predicted molar refractivity (Wildman–Crippen MR) is 253 cm³/mol. The molecule has 59 heavy (non-hydrogen) atoms. The molecule has 0 saturated carbocycles. The lowest BCUT2D eigenvalue weighted by molar-refractivity contribution is 1.28. The molecular weight excluding hydrogens is 711 g/mol. The van der Waals surface area contributed by atoms with Gasteiger partial charge in [-0.2, -0.15) is 0 Å². The van der Waals surface area contributed by atoms with Crippen LogP contribution in [0.25, 0.3) is 87.6 Å². The van der Waals surface area contributed by atoms with Gasteiger partial charge in [-0.25, -0.2) is 0 Å². The van der Waals surface area contributed by atoms with Crippen LogP contribution in [0.4, 0.5) is 17.1 Å². The van der Waals surface area contributed by atoms with Crippen LogP contribution in [0, 0.1) is 0 Å². The standard InChI is InChI=1S/C58H39N/c1-3-13-40(14-4-1)41-25-30-48(31-26-41)59(49-21-11-20-45(38-49)53-24-12-19-42-17-7-9-22-51(42)53)50-32-36-55(58(39-50)43-15-5-2-6-16-43)47-28-33-54-46(37-47)29-35-56-52-23-10-8-18-44(52)27-34-57(54)56/h1-39H. The average molecular weight is 750 g/mol. The minimum absolute atomic E-state index is 1.09. The first-order valence-electron chi connectivity index (χ1n) is 20.3. The zero-order valence-electron chi connectivity index (χ0n) is 32.5. The zero-order chi connectivity index (χ0) is 39.1. The molecule has 0 atom stereocenters. The molecule has 1 heteroatoms. The summed E-state index contributed by atoms with van der Waals surface area (Å²) < 4.78 is 0. The van der Waals surface area contributed by atoms with Crippen LogP contribution in [0.5, 0.6) is 0 Å². The Kier molecular flexibility index (Phi) is 8.56. The molecule has 0 unspecified atom stereocenters. The third kappa shape index (κ3) is 6.30. The van der Waals surface area contributed by atoms with E-state index in [4.69, 9.17) is 0 Å². The monoisotopic (exact) mass is 749 g/mol. The summed E-state index contributed by atoms with van der Waals surface area (Å²) in [4.78, 5) is 2.40. The van der Waals surface area contributed by atoms with Crippen LogP contribution in [0.2, 0.25) is 0 Å². The third-order valence-corrected chi connectivity index (χ3v) is 11.8. The minimum Gasteiger partial charge on any atom is -0.310 e. The van der Waals surface area contributed by atoms with Crippen LogP contribution < -0.4 is 4.90 Å². The van der Waals surface area contributed by atoms with Crippen molar-refractivity contribution in [1.82, 2.24) is 0 Å². The summed E-state index contributed by atoms with van der Waals surface area (Å²) in [6.07, 6.45) is 0. The molecule has 276 valence electrons. The highest BCUT2D eigenvalue weighted by atomic mass is 15.1. The number of hydrogen-bond acceptors (Lipinski definition) is 1. The summed E-state index contributed by atoms with van der Waals surface area (Å²) in [6.45, 7) is 0. The zero-order valence-corrected chi connectivity index (χ0v) is 32.5. The lowest BCUT2D eigenvalue weighted by atomic mass is 9.91. The molecule has 0 aliphatic heterocycles. The van der Waals surface area contributed by atoms with E-state index in [0.29, 0.717) is 0 Å². The van der Waals surface area contributed by atoms with Gasteiger partial charge in [-0.1, -0.05) is 194 Å². The first-order chi connectivity index (χ1) is 29.2. The fourth-order valence-electron chi connectivity index (χ4n) is 8.95. The molecule has 0 aliphatic carbocycles. The summed E-state index contributed by atoms with van der Waals surface area (Å²) >= 11 is 0. The van der Waals surface area contributed by atoms with Crippen molar-refractivity contribution in [3.05, 3.63) is 237 Å². The Labute approximate surface area is 344 Å². The Balaban J connectivity index is 1.07. The molecule has 0 bridgehead atoms. The van der Waals surface area contributed by atoms with Gasteiger partial charge in [0.05, 0.1) is 0 Å². The van der Waals surface area contributed by atoms with Crippen LogP contribution in [0.1, 0.15) is 0 Å². The van der Waals surface area contributed by atoms with Gasteiger partial charge < -0.3 is 4.90 Å². The van der Waals surface area contributed by atoms with Crippen molar-refractivity contribution >= 4 is 60.2 Å². The van der Waals surface area contributed by atoms with Gasteiger partial charge in [0.25, 0.3) is 0 Å². The number of hydrogen-bond donors (Lipinski definition) is 0. The van der Waals surface area contributed by atoms with Gasteiger partial charge in [-0.05, 0) is 130 Å². The number of nitrogens with zero attached hydrogens (tertiary/aromatic N) is 1. The molecule has 0 saturated heterocycles. The van der Waals surface area contributed by atoms with Crippen molar-refractivity contribution in [3.63, 3.8) is 0 Å². The first kappa shape index (κ1) is 34.5. The van der Waals surface area contributed by atoms with E-state index in [1.54, 1.807) is 0 Å². The molecule has 11 aromatic carbocycles. The second-order valence-electron chi connectivity index (χ2n) is 15.3. The summed E-state index contributed by atoms with van der Waals surface area (Å²) in [7, 11) is 0. The van der Waals surface area contributed by atoms with Gasteiger partial charge in [0, 0.05) is 17.1 Å². The Morgan fingerprint density at radius 2 is 0.712 bits per heavy atom.